The Hall–Kier alpha value is -2.66. The standard InChI is InChI=1S/C23H28N4O/c1-16-8-6-11-19(17(16)2)25-23(28)18-9-7-13-27(14-18)15-22-24-20-10-4-5-12-21(20)26(22)3/h4-6,8,10-12,18H,7,9,13-15H2,1-3H3,(H,25,28)/t18-/m1/s1. The van der Waals surface area contributed by atoms with Gasteiger partial charge in [0.05, 0.1) is 23.5 Å². The molecule has 0 aliphatic carbocycles. The van der Waals surface area contributed by atoms with Crippen LogP contribution in [0.5, 0.6) is 0 Å². The number of likely N-dealkylation sites (tertiary alicyclic amines) is 1. The van der Waals surface area contributed by atoms with E-state index in [1.807, 2.05) is 24.3 Å². The summed E-state index contributed by atoms with van der Waals surface area (Å²) < 4.78 is 2.16. The average Bonchev–Trinajstić information content (AvgIpc) is 3.01. The number of nitrogens with one attached hydrogen (secondary N) is 1. The molecule has 1 aliphatic rings. The van der Waals surface area contributed by atoms with Crippen molar-refractivity contribution < 1.29 is 4.79 Å². The van der Waals surface area contributed by atoms with E-state index in [1.54, 1.807) is 0 Å². The number of hydrogen-bond donors (Lipinski definition) is 1. The number of carbonyl (C=O) groups excluding carboxylic acids is 1. The summed E-state index contributed by atoms with van der Waals surface area (Å²) >= 11 is 0. The van der Waals surface area contributed by atoms with Gasteiger partial charge in [-0.2, -0.15) is 0 Å². The molecule has 0 bridgehead atoms. The molecule has 1 saturated heterocycles. The molecular weight excluding hydrogens is 348 g/mol. The highest BCUT2D eigenvalue weighted by atomic mass is 16.1. The Kier molecular flexibility index (Phi) is 5.18. The molecule has 1 fully saturated rings. The normalized spacial score (nSPS) is 17.8. The van der Waals surface area contributed by atoms with Crippen molar-refractivity contribution >= 4 is 22.6 Å². The van der Waals surface area contributed by atoms with Crippen molar-refractivity contribution in [2.45, 2.75) is 33.2 Å². The van der Waals surface area contributed by atoms with Crippen molar-refractivity contribution in [2.24, 2.45) is 13.0 Å². The summed E-state index contributed by atoms with van der Waals surface area (Å²) in [5, 5.41) is 3.15. The fraction of sp³-hybridized carbons (Fsp3) is 0.391. The molecule has 5 heteroatoms. The number of anilines is 1. The van der Waals surface area contributed by atoms with E-state index in [0.717, 1.165) is 60.6 Å². The SMILES string of the molecule is Cc1cccc(NC(=O)[C@@H]2CCCN(Cc3nc4ccccc4n3C)C2)c1C. The van der Waals surface area contributed by atoms with Gasteiger partial charge in [0.1, 0.15) is 5.82 Å². The van der Waals surface area contributed by atoms with Crippen molar-refractivity contribution in [1.29, 1.82) is 0 Å². The van der Waals surface area contributed by atoms with Crippen molar-refractivity contribution in [3.63, 3.8) is 0 Å². The Morgan fingerprint density at radius 2 is 2.00 bits per heavy atom. The first-order valence-corrected chi connectivity index (χ1v) is 10.0. The van der Waals surface area contributed by atoms with Crippen molar-refractivity contribution in [2.75, 3.05) is 18.4 Å². The fourth-order valence-electron chi connectivity index (χ4n) is 4.07. The highest BCUT2D eigenvalue weighted by molar-refractivity contribution is 5.93. The smallest absolute Gasteiger partial charge is 0.228 e. The Morgan fingerprint density at radius 1 is 1.18 bits per heavy atom. The maximum atomic E-state index is 12.9. The van der Waals surface area contributed by atoms with Crippen LogP contribution in [0.2, 0.25) is 0 Å². The van der Waals surface area contributed by atoms with Gasteiger partial charge in [-0.3, -0.25) is 9.69 Å². The van der Waals surface area contributed by atoms with E-state index in [4.69, 9.17) is 4.98 Å². The summed E-state index contributed by atoms with van der Waals surface area (Å²) in [6.45, 7) is 6.70. The zero-order valence-corrected chi connectivity index (χ0v) is 16.9. The Bertz CT molecular complexity index is 1010. The van der Waals surface area contributed by atoms with E-state index >= 15 is 0 Å². The number of amides is 1. The van der Waals surface area contributed by atoms with Gasteiger partial charge in [0, 0.05) is 19.3 Å². The molecule has 1 N–H and O–H groups in total. The van der Waals surface area contributed by atoms with Crippen LogP contribution in [-0.2, 0) is 18.4 Å². The highest BCUT2D eigenvalue weighted by Gasteiger charge is 2.27. The van der Waals surface area contributed by atoms with Gasteiger partial charge in [0.2, 0.25) is 5.91 Å². The van der Waals surface area contributed by atoms with Crippen molar-refractivity contribution in [3.05, 3.63) is 59.4 Å². The number of para-hydroxylation sites is 2. The predicted octanol–water partition coefficient (Wildman–Crippen LogP) is 4.04. The molecule has 0 spiro atoms. The van der Waals surface area contributed by atoms with Crippen LogP contribution in [0.25, 0.3) is 11.0 Å². The lowest BCUT2D eigenvalue weighted by atomic mass is 9.96. The third kappa shape index (κ3) is 3.67. The van der Waals surface area contributed by atoms with Gasteiger partial charge >= 0.3 is 0 Å². The lowest BCUT2D eigenvalue weighted by Crippen LogP contribution is -2.40. The van der Waals surface area contributed by atoms with Crippen LogP contribution < -0.4 is 5.32 Å². The Balaban J connectivity index is 1.44. The van der Waals surface area contributed by atoms with Crippen LogP contribution in [0.3, 0.4) is 0 Å². The monoisotopic (exact) mass is 376 g/mol. The Morgan fingerprint density at radius 3 is 2.82 bits per heavy atom. The van der Waals surface area contributed by atoms with Crippen LogP contribution in [0.15, 0.2) is 42.5 Å². The lowest BCUT2D eigenvalue weighted by Gasteiger charge is -2.31. The van der Waals surface area contributed by atoms with Gasteiger partial charge in [0.25, 0.3) is 0 Å². The third-order valence-electron chi connectivity index (χ3n) is 5.98. The minimum Gasteiger partial charge on any atom is -0.330 e. The summed E-state index contributed by atoms with van der Waals surface area (Å²) in [7, 11) is 2.07. The minimum absolute atomic E-state index is 0.0170. The molecule has 1 aliphatic heterocycles. The molecule has 1 atom stereocenters. The van der Waals surface area contributed by atoms with Crippen LogP contribution in [0.4, 0.5) is 5.69 Å². The van der Waals surface area contributed by atoms with Gasteiger partial charge in [0.15, 0.2) is 0 Å². The highest BCUT2D eigenvalue weighted by Crippen LogP contribution is 2.24. The summed E-state index contributed by atoms with van der Waals surface area (Å²) in [5.41, 5.74) is 5.45. The van der Waals surface area contributed by atoms with Gasteiger partial charge in [-0.1, -0.05) is 24.3 Å². The zero-order valence-electron chi connectivity index (χ0n) is 16.9. The summed E-state index contributed by atoms with van der Waals surface area (Å²) in [6, 6.07) is 14.3. The maximum absolute atomic E-state index is 12.9. The van der Waals surface area contributed by atoms with Crippen LogP contribution in [0.1, 0.15) is 29.8 Å². The van der Waals surface area contributed by atoms with Gasteiger partial charge in [-0.05, 0) is 62.6 Å². The second-order valence-electron chi connectivity index (χ2n) is 7.89. The van der Waals surface area contributed by atoms with Crippen molar-refractivity contribution in [3.8, 4) is 0 Å². The first-order valence-electron chi connectivity index (χ1n) is 10.0. The lowest BCUT2D eigenvalue weighted by molar-refractivity contribution is -0.121. The molecular formula is C23H28N4O. The number of piperidine rings is 1. The molecule has 1 aromatic heterocycles. The molecule has 5 nitrogen and oxygen atoms in total. The molecule has 3 aromatic rings. The number of benzene rings is 2. The topological polar surface area (TPSA) is 50.2 Å². The first-order chi connectivity index (χ1) is 13.5. The number of nitrogens with zero attached hydrogens (tertiary/aromatic N) is 3. The van der Waals surface area contributed by atoms with E-state index < -0.39 is 0 Å². The average molecular weight is 377 g/mol. The summed E-state index contributed by atoms with van der Waals surface area (Å²) in [4.78, 5) is 20.0. The molecule has 1 amide bonds. The minimum atomic E-state index is 0.0170. The van der Waals surface area contributed by atoms with Crippen LogP contribution in [-0.4, -0.2) is 33.4 Å². The molecule has 0 radical (unpaired) electrons. The van der Waals surface area contributed by atoms with E-state index in [2.05, 4.69) is 53.9 Å². The van der Waals surface area contributed by atoms with E-state index in [9.17, 15) is 4.79 Å². The maximum Gasteiger partial charge on any atom is 0.228 e. The molecule has 0 unspecified atom stereocenters. The number of hydrogen-bond acceptors (Lipinski definition) is 3. The van der Waals surface area contributed by atoms with Gasteiger partial charge in [-0.15, -0.1) is 0 Å². The Labute approximate surface area is 166 Å². The quantitative estimate of drug-likeness (QED) is 0.748. The van der Waals surface area contributed by atoms with E-state index in [1.165, 1.54) is 5.56 Å². The number of rotatable bonds is 4. The predicted molar refractivity (Wildman–Crippen MR) is 113 cm³/mol. The molecule has 28 heavy (non-hydrogen) atoms. The number of aromatic nitrogens is 2. The van der Waals surface area contributed by atoms with Crippen LogP contribution >= 0.6 is 0 Å². The third-order valence-corrected chi connectivity index (χ3v) is 5.98. The second kappa shape index (κ2) is 7.76. The molecule has 2 heterocycles. The van der Waals surface area contributed by atoms with Gasteiger partial charge in [-0.25, -0.2) is 4.98 Å². The number of carbonyl (C=O) groups is 1. The first kappa shape index (κ1) is 18.7. The molecule has 2 aromatic carbocycles. The van der Waals surface area contributed by atoms with Gasteiger partial charge < -0.3 is 9.88 Å². The fourth-order valence-corrected chi connectivity index (χ4v) is 4.07. The van der Waals surface area contributed by atoms with E-state index in [-0.39, 0.29) is 11.8 Å². The van der Waals surface area contributed by atoms with E-state index in [0.29, 0.717) is 0 Å². The number of fused-ring (bicyclic) bond motifs is 1. The zero-order chi connectivity index (χ0) is 19.7. The molecule has 4 rings (SSSR count). The second-order valence-corrected chi connectivity index (χ2v) is 7.89. The summed E-state index contributed by atoms with van der Waals surface area (Å²) in [6.07, 6.45) is 1.98. The number of aryl methyl sites for hydroxylation is 2. The van der Waals surface area contributed by atoms with Crippen LogP contribution in [0, 0.1) is 19.8 Å². The molecule has 146 valence electrons. The summed E-state index contributed by atoms with van der Waals surface area (Å²) in [5.74, 6) is 1.20. The number of imidazole rings is 1. The largest absolute Gasteiger partial charge is 0.330 e. The molecule has 0 saturated carbocycles. The van der Waals surface area contributed by atoms with Crippen molar-refractivity contribution in [1.82, 2.24) is 14.5 Å².